The molecule has 0 aromatic carbocycles. The topological polar surface area (TPSA) is 80.2 Å². The highest BCUT2D eigenvalue weighted by molar-refractivity contribution is 5.94. The second-order valence-electron chi connectivity index (χ2n) is 6.52. The Morgan fingerprint density at radius 2 is 2.04 bits per heavy atom. The third-order valence-corrected chi connectivity index (χ3v) is 5.05. The van der Waals surface area contributed by atoms with Gasteiger partial charge in [0.2, 0.25) is 5.95 Å². The Kier molecular flexibility index (Phi) is 4.56. The van der Waals surface area contributed by atoms with Gasteiger partial charge in [-0.05, 0) is 30.5 Å². The van der Waals surface area contributed by atoms with Gasteiger partial charge >= 0.3 is 0 Å². The molecular weight excluding hydrogens is 318 g/mol. The van der Waals surface area contributed by atoms with E-state index in [1.54, 1.807) is 43.0 Å². The van der Waals surface area contributed by atoms with Crippen LogP contribution in [0.4, 0.5) is 5.95 Å². The number of amides is 1. The zero-order valence-electron chi connectivity index (χ0n) is 13.9. The van der Waals surface area contributed by atoms with Gasteiger partial charge < -0.3 is 15.0 Å². The van der Waals surface area contributed by atoms with Crippen LogP contribution in [0.3, 0.4) is 0 Å². The number of ether oxygens (including phenoxy) is 1. The third-order valence-electron chi connectivity index (χ3n) is 5.05. The lowest BCUT2D eigenvalue weighted by molar-refractivity contribution is 0.0576. The van der Waals surface area contributed by atoms with E-state index in [9.17, 15) is 4.79 Å². The Labute approximate surface area is 146 Å². The first kappa shape index (κ1) is 16.0. The van der Waals surface area contributed by atoms with Crippen molar-refractivity contribution in [3.05, 3.63) is 48.5 Å². The van der Waals surface area contributed by atoms with Gasteiger partial charge in [0, 0.05) is 55.9 Å². The zero-order chi connectivity index (χ0) is 17.1. The standard InChI is InChI=1S/C18H21N5O2/c24-17(13-2-7-19-8-3-13)23-9-4-14-12-25-16(15(14)11-23)10-22-18-20-5-1-6-21-18/h1-3,5-8,14-16H,4,9-12H2,(H,20,21,22)/t14-,15-,16+/m0/s1. The van der Waals surface area contributed by atoms with Crippen LogP contribution < -0.4 is 5.32 Å². The Morgan fingerprint density at radius 1 is 1.24 bits per heavy atom. The van der Waals surface area contributed by atoms with Crippen LogP contribution in [0.25, 0.3) is 0 Å². The molecule has 2 saturated heterocycles. The summed E-state index contributed by atoms with van der Waals surface area (Å²) in [5.74, 6) is 1.54. The number of fused-ring (bicyclic) bond motifs is 1. The number of carbonyl (C=O) groups excluding carboxylic acids is 1. The first-order valence-corrected chi connectivity index (χ1v) is 8.63. The molecule has 1 amide bonds. The molecular formula is C18H21N5O2. The summed E-state index contributed by atoms with van der Waals surface area (Å²) in [6.07, 6.45) is 7.80. The second kappa shape index (κ2) is 7.14. The molecule has 2 aromatic heterocycles. The number of nitrogens with zero attached hydrogens (tertiary/aromatic N) is 4. The molecule has 7 nitrogen and oxygen atoms in total. The molecule has 0 bridgehead atoms. The summed E-state index contributed by atoms with van der Waals surface area (Å²) >= 11 is 0. The molecule has 2 aliphatic rings. The number of rotatable bonds is 4. The highest BCUT2D eigenvalue weighted by Crippen LogP contribution is 2.34. The molecule has 0 spiro atoms. The summed E-state index contributed by atoms with van der Waals surface area (Å²) < 4.78 is 5.99. The maximum atomic E-state index is 12.7. The van der Waals surface area contributed by atoms with Crippen LogP contribution in [-0.2, 0) is 4.74 Å². The van der Waals surface area contributed by atoms with Crippen molar-refractivity contribution in [2.45, 2.75) is 12.5 Å². The molecule has 0 saturated carbocycles. The lowest BCUT2D eigenvalue weighted by Gasteiger charge is -2.36. The van der Waals surface area contributed by atoms with E-state index >= 15 is 0 Å². The van der Waals surface area contributed by atoms with Crippen LogP contribution in [0.5, 0.6) is 0 Å². The molecule has 130 valence electrons. The van der Waals surface area contributed by atoms with Crippen molar-refractivity contribution < 1.29 is 9.53 Å². The lowest BCUT2D eigenvalue weighted by atomic mass is 9.84. The van der Waals surface area contributed by atoms with E-state index in [1.165, 1.54) is 0 Å². The van der Waals surface area contributed by atoms with E-state index in [2.05, 4.69) is 20.3 Å². The normalized spacial score (nSPS) is 25.4. The molecule has 3 atom stereocenters. The summed E-state index contributed by atoms with van der Waals surface area (Å²) in [7, 11) is 0. The number of anilines is 1. The molecule has 0 radical (unpaired) electrons. The number of aromatic nitrogens is 3. The zero-order valence-corrected chi connectivity index (χ0v) is 13.9. The van der Waals surface area contributed by atoms with Crippen molar-refractivity contribution in [1.82, 2.24) is 19.9 Å². The monoisotopic (exact) mass is 339 g/mol. The van der Waals surface area contributed by atoms with E-state index < -0.39 is 0 Å². The predicted octanol–water partition coefficient (Wildman–Crippen LogP) is 1.46. The van der Waals surface area contributed by atoms with Crippen molar-refractivity contribution >= 4 is 11.9 Å². The Hall–Kier alpha value is -2.54. The minimum absolute atomic E-state index is 0.0712. The summed E-state index contributed by atoms with van der Waals surface area (Å²) in [4.78, 5) is 27.0. The fourth-order valence-electron chi connectivity index (χ4n) is 3.68. The van der Waals surface area contributed by atoms with Crippen molar-refractivity contribution in [1.29, 1.82) is 0 Å². The molecule has 4 heterocycles. The number of nitrogens with one attached hydrogen (secondary N) is 1. The van der Waals surface area contributed by atoms with Gasteiger partial charge in [0.1, 0.15) is 0 Å². The number of pyridine rings is 1. The molecule has 4 rings (SSSR count). The smallest absolute Gasteiger partial charge is 0.253 e. The van der Waals surface area contributed by atoms with Crippen LogP contribution in [0.1, 0.15) is 16.8 Å². The highest BCUT2D eigenvalue weighted by atomic mass is 16.5. The van der Waals surface area contributed by atoms with Gasteiger partial charge in [-0.1, -0.05) is 0 Å². The van der Waals surface area contributed by atoms with E-state index in [0.29, 0.717) is 29.9 Å². The maximum absolute atomic E-state index is 12.7. The fourth-order valence-corrected chi connectivity index (χ4v) is 3.68. The molecule has 2 aromatic rings. The van der Waals surface area contributed by atoms with Gasteiger partial charge in [-0.2, -0.15) is 0 Å². The Morgan fingerprint density at radius 3 is 2.84 bits per heavy atom. The van der Waals surface area contributed by atoms with Crippen LogP contribution >= 0.6 is 0 Å². The first-order valence-electron chi connectivity index (χ1n) is 8.63. The molecule has 7 heteroatoms. The SMILES string of the molecule is O=C(c1ccncc1)N1CC[C@H]2CO[C@H](CNc3ncccn3)[C@H]2C1. The average Bonchev–Trinajstić information content (AvgIpc) is 3.09. The Balaban J connectivity index is 1.39. The third kappa shape index (κ3) is 3.46. The van der Waals surface area contributed by atoms with Gasteiger partial charge in [-0.25, -0.2) is 9.97 Å². The predicted molar refractivity (Wildman–Crippen MR) is 92.0 cm³/mol. The van der Waals surface area contributed by atoms with Crippen LogP contribution in [0, 0.1) is 11.8 Å². The van der Waals surface area contributed by atoms with Crippen molar-refractivity contribution in [3.63, 3.8) is 0 Å². The second-order valence-corrected chi connectivity index (χ2v) is 6.52. The molecule has 0 unspecified atom stereocenters. The summed E-state index contributed by atoms with van der Waals surface area (Å²) in [5, 5.41) is 3.24. The van der Waals surface area contributed by atoms with Gasteiger partial charge in [-0.3, -0.25) is 9.78 Å². The van der Waals surface area contributed by atoms with Crippen LogP contribution in [0.2, 0.25) is 0 Å². The van der Waals surface area contributed by atoms with Gasteiger partial charge in [-0.15, -0.1) is 0 Å². The summed E-state index contributed by atoms with van der Waals surface area (Å²) in [6, 6.07) is 5.33. The fraction of sp³-hybridized carbons (Fsp3) is 0.444. The minimum atomic E-state index is 0.0712. The lowest BCUT2D eigenvalue weighted by Crippen LogP contribution is -2.46. The van der Waals surface area contributed by atoms with E-state index in [1.807, 2.05) is 4.90 Å². The molecule has 2 fully saturated rings. The molecule has 1 N–H and O–H groups in total. The Bertz CT molecular complexity index is 712. The van der Waals surface area contributed by atoms with Crippen molar-refractivity contribution in [2.75, 3.05) is 31.6 Å². The van der Waals surface area contributed by atoms with Crippen molar-refractivity contribution in [2.24, 2.45) is 11.8 Å². The van der Waals surface area contributed by atoms with E-state index in [4.69, 9.17) is 4.74 Å². The average molecular weight is 339 g/mol. The van der Waals surface area contributed by atoms with Crippen molar-refractivity contribution in [3.8, 4) is 0 Å². The van der Waals surface area contributed by atoms with E-state index in [-0.39, 0.29) is 12.0 Å². The van der Waals surface area contributed by atoms with Crippen LogP contribution in [-0.4, -0.2) is 58.1 Å². The molecule has 0 aliphatic carbocycles. The maximum Gasteiger partial charge on any atom is 0.253 e. The summed E-state index contributed by atoms with van der Waals surface area (Å²) in [5.41, 5.74) is 0.694. The molecule has 2 aliphatic heterocycles. The number of piperidine rings is 1. The van der Waals surface area contributed by atoms with Gasteiger partial charge in [0.25, 0.3) is 5.91 Å². The number of hydrogen-bond donors (Lipinski definition) is 1. The van der Waals surface area contributed by atoms with Crippen LogP contribution in [0.15, 0.2) is 43.0 Å². The first-order chi connectivity index (χ1) is 12.3. The number of hydrogen-bond acceptors (Lipinski definition) is 6. The largest absolute Gasteiger partial charge is 0.376 e. The number of carbonyl (C=O) groups is 1. The number of likely N-dealkylation sites (tertiary alicyclic amines) is 1. The molecule has 25 heavy (non-hydrogen) atoms. The highest BCUT2D eigenvalue weighted by Gasteiger charge is 2.41. The quantitative estimate of drug-likeness (QED) is 0.908. The summed E-state index contributed by atoms with van der Waals surface area (Å²) in [6.45, 7) is 2.94. The van der Waals surface area contributed by atoms with Gasteiger partial charge in [0.05, 0.1) is 12.7 Å². The minimum Gasteiger partial charge on any atom is -0.376 e. The van der Waals surface area contributed by atoms with E-state index in [0.717, 1.165) is 26.1 Å². The van der Waals surface area contributed by atoms with Gasteiger partial charge in [0.15, 0.2) is 0 Å².